The Morgan fingerprint density at radius 1 is 1.17 bits per heavy atom. The third kappa shape index (κ3) is 3.89. The summed E-state index contributed by atoms with van der Waals surface area (Å²) in [5, 5.41) is 10.7. The molecule has 0 bridgehead atoms. The molecule has 96 valence electrons. The van der Waals surface area contributed by atoms with Crippen molar-refractivity contribution in [2.24, 2.45) is 0 Å². The summed E-state index contributed by atoms with van der Waals surface area (Å²) in [5.74, 6) is -1.09. The molecule has 0 saturated heterocycles. The number of rotatable bonds is 6. The van der Waals surface area contributed by atoms with Gasteiger partial charge < -0.3 is 5.32 Å². The van der Waals surface area contributed by atoms with E-state index in [-0.39, 0.29) is 0 Å². The zero-order valence-electron chi connectivity index (χ0n) is 9.81. The number of benzene rings is 1. The van der Waals surface area contributed by atoms with Gasteiger partial charge in [0.05, 0.1) is 6.20 Å². The van der Waals surface area contributed by atoms with Gasteiger partial charge in [-0.15, -0.1) is 5.10 Å². The molecule has 0 fully saturated rings. The van der Waals surface area contributed by atoms with Crippen molar-refractivity contribution in [3.05, 3.63) is 47.8 Å². The maximum Gasteiger partial charge on any atom is 0.126 e. The van der Waals surface area contributed by atoms with Crippen molar-refractivity contribution < 1.29 is 8.78 Å². The van der Waals surface area contributed by atoms with Gasteiger partial charge >= 0.3 is 0 Å². The van der Waals surface area contributed by atoms with E-state index in [1.54, 1.807) is 17.1 Å². The van der Waals surface area contributed by atoms with Gasteiger partial charge in [-0.1, -0.05) is 5.21 Å². The van der Waals surface area contributed by atoms with Crippen LogP contribution in [0.4, 0.5) is 8.78 Å². The molecule has 1 N–H and O–H groups in total. The van der Waals surface area contributed by atoms with Crippen molar-refractivity contribution in [3.8, 4) is 0 Å². The Hall–Kier alpha value is -1.82. The molecule has 0 radical (unpaired) electrons. The number of nitrogens with one attached hydrogen (secondary N) is 1. The van der Waals surface area contributed by atoms with E-state index < -0.39 is 11.6 Å². The Kier molecular flexibility index (Phi) is 4.35. The first-order chi connectivity index (χ1) is 8.74. The maximum absolute atomic E-state index is 12.9. The highest BCUT2D eigenvalue weighted by Crippen LogP contribution is 2.07. The number of nitrogens with zero attached hydrogens (tertiary/aromatic N) is 3. The van der Waals surface area contributed by atoms with Gasteiger partial charge in [-0.05, 0) is 30.7 Å². The lowest BCUT2D eigenvalue weighted by Gasteiger charge is -2.05. The van der Waals surface area contributed by atoms with Gasteiger partial charge in [0.15, 0.2) is 0 Å². The molecule has 6 heteroatoms. The fraction of sp³-hybridized carbons (Fsp3) is 0.333. The summed E-state index contributed by atoms with van der Waals surface area (Å²) in [7, 11) is 0. The van der Waals surface area contributed by atoms with Crippen molar-refractivity contribution in [1.82, 2.24) is 20.3 Å². The van der Waals surface area contributed by atoms with Crippen LogP contribution in [0.1, 0.15) is 12.0 Å². The number of halogens is 2. The topological polar surface area (TPSA) is 42.7 Å². The Labute approximate surface area is 104 Å². The Morgan fingerprint density at radius 3 is 2.61 bits per heavy atom. The quantitative estimate of drug-likeness (QED) is 0.796. The van der Waals surface area contributed by atoms with Gasteiger partial charge in [-0.2, -0.15) is 0 Å². The van der Waals surface area contributed by atoms with Crippen LogP contribution in [-0.2, 0) is 13.1 Å². The molecule has 0 unspecified atom stereocenters. The second-order valence-electron chi connectivity index (χ2n) is 3.97. The maximum atomic E-state index is 12.9. The molecule has 0 aliphatic rings. The lowest BCUT2D eigenvalue weighted by atomic mass is 10.2. The average molecular weight is 252 g/mol. The van der Waals surface area contributed by atoms with Crippen LogP contribution < -0.4 is 5.32 Å². The smallest absolute Gasteiger partial charge is 0.126 e. The number of aryl methyl sites for hydroxylation is 1. The van der Waals surface area contributed by atoms with Crippen LogP contribution in [0.15, 0.2) is 30.6 Å². The molecule has 1 heterocycles. The fourth-order valence-corrected chi connectivity index (χ4v) is 1.66. The highest BCUT2D eigenvalue weighted by molar-refractivity contribution is 5.17. The molecule has 1 aromatic heterocycles. The van der Waals surface area contributed by atoms with E-state index in [0.29, 0.717) is 12.1 Å². The summed E-state index contributed by atoms with van der Waals surface area (Å²) in [6, 6.07) is 3.52. The van der Waals surface area contributed by atoms with Gasteiger partial charge in [0.1, 0.15) is 11.6 Å². The van der Waals surface area contributed by atoms with E-state index in [9.17, 15) is 8.78 Å². The van der Waals surface area contributed by atoms with Crippen molar-refractivity contribution in [3.63, 3.8) is 0 Å². The van der Waals surface area contributed by atoms with Crippen LogP contribution >= 0.6 is 0 Å². The Bertz CT molecular complexity index is 465. The van der Waals surface area contributed by atoms with Crippen molar-refractivity contribution in [2.45, 2.75) is 19.5 Å². The average Bonchev–Trinajstić information content (AvgIpc) is 2.80. The zero-order valence-corrected chi connectivity index (χ0v) is 9.81. The second-order valence-corrected chi connectivity index (χ2v) is 3.97. The van der Waals surface area contributed by atoms with Crippen molar-refractivity contribution >= 4 is 0 Å². The highest BCUT2D eigenvalue weighted by atomic mass is 19.1. The summed E-state index contributed by atoms with van der Waals surface area (Å²) in [6.07, 6.45) is 4.30. The molecule has 4 nitrogen and oxygen atoms in total. The minimum Gasteiger partial charge on any atom is -0.313 e. The molecule has 2 rings (SSSR count). The zero-order chi connectivity index (χ0) is 12.8. The van der Waals surface area contributed by atoms with Gasteiger partial charge in [-0.25, -0.2) is 8.78 Å². The summed E-state index contributed by atoms with van der Waals surface area (Å²) in [6.45, 7) is 1.97. The molecule has 0 spiro atoms. The first-order valence-electron chi connectivity index (χ1n) is 5.74. The molecule has 1 aromatic carbocycles. The SMILES string of the molecule is Fc1cc(F)cc(CNCCCn2ccnn2)c1. The Balaban J connectivity index is 1.68. The van der Waals surface area contributed by atoms with Crippen molar-refractivity contribution in [2.75, 3.05) is 6.54 Å². The molecule has 18 heavy (non-hydrogen) atoms. The van der Waals surface area contributed by atoms with Crippen LogP contribution in [0.25, 0.3) is 0 Å². The predicted octanol–water partition coefficient (Wildman–Crippen LogP) is 1.74. The van der Waals surface area contributed by atoms with Gasteiger partial charge in [0, 0.05) is 25.4 Å². The highest BCUT2D eigenvalue weighted by Gasteiger charge is 2.00. The standard InChI is InChI=1S/C12H14F2N4/c13-11-6-10(7-12(14)8-11)9-15-2-1-4-18-5-3-16-17-18/h3,5-8,15H,1-2,4,9H2. The van der Waals surface area contributed by atoms with Crippen LogP contribution in [0.5, 0.6) is 0 Å². The molecule has 0 amide bonds. The molecular formula is C12H14F2N4. The van der Waals surface area contributed by atoms with Crippen LogP contribution in [0.3, 0.4) is 0 Å². The number of hydrogen-bond donors (Lipinski definition) is 1. The lowest BCUT2D eigenvalue weighted by molar-refractivity contribution is 0.527. The van der Waals surface area contributed by atoms with Gasteiger partial charge in [0.2, 0.25) is 0 Å². The molecular weight excluding hydrogens is 238 g/mol. The summed E-state index contributed by atoms with van der Waals surface area (Å²) >= 11 is 0. The van der Waals surface area contributed by atoms with E-state index in [0.717, 1.165) is 25.6 Å². The lowest BCUT2D eigenvalue weighted by Crippen LogP contribution is -2.17. The summed E-state index contributed by atoms with van der Waals surface area (Å²) in [5.41, 5.74) is 0.605. The molecule has 0 atom stereocenters. The van der Waals surface area contributed by atoms with Crippen molar-refractivity contribution in [1.29, 1.82) is 0 Å². The third-order valence-electron chi connectivity index (χ3n) is 2.46. The molecule has 0 saturated carbocycles. The largest absolute Gasteiger partial charge is 0.313 e. The third-order valence-corrected chi connectivity index (χ3v) is 2.46. The minimum absolute atomic E-state index is 0.450. The monoisotopic (exact) mass is 252 g/mol. The van der Waals surface area contributed by atoms with Crippen LogP contribution in [0.2, 0.25) is 0 Å². The number of aromatic nitrogens is 3. The summed E-state index contributed by atoms with van der Waals surface area (Å²) in [4.78, 5) is 0. The van der Waals surface area contributed by atoms with Crippen LogP contribution in [-0.4, -0.2) is 21.5 Å². The van der Waals surface area contributed by atoms with Gasteiger partial charge in [0.25, 0.3) is 0 Å². The first-order valence-corrected chi connectivity index (χ1v) is 5.74. The van der Waals surface area contributed by atoms with E-state index in [1.165, 1.54) is 12.1 Å². The van der Waals surface area contributed by atoms with E-state index in [1.807, 2.05) is 0 Å². The normalized spacial score (nSPS) is 10.8. The molecule has 2 aromatic rings. The molecule has 0 aliphatic heterocycles. The predicted molar refractivity (Wildman–Crippen MR) is 62.7 cm³/mol. The van der Waals surface area contributed by atoms with E-state index >= 15 is 0 Å². The second kappa shape index (κ2) is 6.20. The molecule has 0 aliphatic carbocycles. The minimum atomic E-state index is -0.547. The first kappa shape index (κ1) is 12.6. The van der Waals surface area contributed by atoms with Gasteiger partial charge in [-0.3, -0.25) is 4.68 Å². The summed E-state index contributed by atoms with van der Waals surface area (Å²) < 4.78 is 27.5. The number of hydrogen-bond acceptors (Lipinski definition) is 3. The van der Waals surface area contributed by atoms with E-state index in [4.69, 9.17) is 0 Å². The fourth-order valence-electron chi connectivity index (χ4n) is 1.66. The Morgan fingerprint density at radius 2 is 1.94 bits per heavy atom. The van der Waals surface area contributed by atoms with Crippen LogP contribution in [0, 0.1) is 11.6 Å². The van der Waals surface area contributed by atoms with E-state index in [2.05, 4.69) is 15.6 Å².